The van der Waals surface area contributed by atoms with Gasteiger partial charge in [-0.15, -0.1) is 53.6 Å². The van der Waals surface area contributed by atoms with E-state index >= 15 is 0 Å². The van der Waals surface area contributed by atoms with Gasteiger partial charge in [-0.1, -0.05) is 111 Å². The maximum Gasteiger partial charge on any atom is -0.0180 e. The first kappa shape index (κ1) is 35.8. The van der Waals surface area contributed by atoms with Crippen molar-refractivity contribution in [3.8, 4) is 33.4 Å². The van der Waals surface area contributed by atoms with Gasteiger partial charge in [0, 0.05) is 0 Å². The molecule has 1 atom stereocenters. The molecule has 0 bridgehead atoms. The van der Waals surface area contributed by atoms with Crippen molar-refractivity contribution >= 4 is 16.2 Å². The van der Waals surface area contributed by atoms with Gasteiger partial charge in [0.05, 0.1) is 0 Å². The van der Waals surface area contributed by atoms with E-state index < -0.39 is 0 Å². The number of fused-ring (bicyclic) bond motifs is 1. The first-order valence-corrected chi connectivity index (χ1v) is 20.1. The molecule has 5 aromatic rings. The molecule has 0 saturated carbocycles. The molecule has 0 spiro atoms. The van der Waals surface area contributed by atoms with Gasteiger partial charge >= 0.3 is 41.9 Å². The van der Waals surface area contributed by atoms with E-state index in [9.17, 15) is 0 Å². The van der Waals surface area contributed by atoms with Crippen LogP contribution in [-0.2, 0) is 23.3 Å². The van der Waals surface area contributed by atoms with Gasteiger partial charge in [0.2, 0.25) is 0 Å². The molecule has 0 amide bonds. The summed E-state index contributed by atoms with van der Waals surface area (Å²) < 4.78 is 0. The summed E-state index contributed by atoms with van der Waals surface area (Å²) in [6.07, 6.45) is 3.36. The van der Waals surface area contributed by atoms with Crippen molar-refractivity contribution in [3.63, 3.8) is 0 Å². The van der Waals surface area contributed by atoms with Crippen LogP contribution < -0.4 is 24.8 Å². The zero-order valence-electron chi connectivity index (χ0n) is 25.3. The second-order valence-corrected chi connectivity index (χ2v) is 20.0. The number of allylic oxidation sites excluding steroid dienone is 4. The Morgan fingerprint density at radius 1 is 0.667 bits per heavy atom. The summed E-state index contributed by atoms with van der Waals surface area (Å²) in [5.74, 6) is 0.560. The summed E-state index contributed by atoms with van der Waals surface area (Å²) in [6, 6.07) is 41.2. The Hall–Kier alpha value is -2.35. The second kappa shape index (κ2) is 17.1. The number of hydrogen-bond acceptors (Lipinski definition) is 0. The van der Waals surface area contributed by atoms with Crippen molar-refractivity contribution in [2.24, 2.45) is 5.92 Å². The van der Waals surface area contributed by atoms with Gasteiger partial charge in [0.15, 0.2) is 0 Å². The van der Waals surface area contributed by atoms with Crippen LogP contribution in [0.4, 0.5) is 0 Å². The van der Waals surface area contributed by atoms with Crippen LogP contribution in [0, 0.1) is 12.0 Å². The molecular formula is C38H38Cl2SiZr-2. The Bertz CT molecular complexity index is 1600. The number of rotatable bonds is 3. The standard InChI is InChI=1S/C27H19.C9H13.C2H6Si.2ClH.Zr/c1-3-9-20(10-4-1)23-17-24(21-11-5-2-6-12-21)19-25(18-23)27-16-15-22-13-7-8-14-26(22)27;1-6-5-7(2)9(4)8(6)3;1-3-2;;;/h1-19H;6H,1-4H3;1-2H3;2*1H;/q2*-1;;;;+2/p-2. The van der Waals surface area contributed by atoms with Crippen LogP contribution in [0.1, 0.15) is 27.7 Å². The third-order valence-corrected chi connectivity index (χ3v) is 7.38. The van der Waals surface area contributed by atoms with Crippen LogP contribution >= 0.6 is 0 Å². The van der Waals surface area contributed by atoms with Gasteiger partial charge in [0.25, 0.3) is 0 Å². The largest absolute Gasteiger partial charge is 1.00 e. The molecule has 0 aliphatic heterocycles. The average Bonchev–Trinajstić information content (AvgIpc) is 3.50. The predicted octanol–water partition coefficient (Wildman–Crippen LogP) is 5.07. The van der Waals surface area contributed by atoms with E-state index in [-0.39, 0.29) is 30.2 Å². The van der Waals surface area contributed by atoms with E-state index in [0.29, 0.717) is 5.92 Å². The summed E-state index contributed by atoms with van der Waals surface area (Å²) in [7, 11) is 0. The summed E-state index contributed by atoms with van der Waals surface area (Å²) in [5.41, 5.74) is 12.0. The Labute approximate surface area is 280 Å². The van der Waals surface area contributed by atoms with Crippen LogP contribution in [-0.4, -0.2) is 5.43 Å². The predicted molar refractivity (Wildman–Crippen MR) is 173 cm³/mol. The molecule has 1 aliphatic carbocycles. The molecule has 1 aliphatic rings. The fourth-order valence-electron chi connectivity index (χ4n) is 4.94. The molecule has 0 radical (unpaired) electrons. The van der Waals surface area contributed by atoms with Crippen molar-refractivity contribution in [2.45, 2.75) is 40.8 Å². The minimum Gasteiger partial charge on any atom is -1.00 e. The minimum atomic E-state index is 0. The summed E-state index contributed by atoms with van der Waals surface area (Å²) in [4.78, 5) is 0. The van der Waals surface area contributed by atoms with Gasteiger partial charge in [-0.25, -0.2) is 5.57 Å². The normalized spacial score (nSPS) is 13.5. The smallest absolute Gasteiger partial charge is 0.0180 e. The first-order chi connectivity index (χ1) is 19.2. The van der Waals surface area contributed by atoms with Crippen molar-refractivity contribution < 1.29 is 48.1 Å². The third-order valence-electron chi connectivity index (χ3n) is 7.38. The Morgan fingerprint density at radius 2 is 1.12 bits per heavy atom. The molecule has 0 nitrogen and oxygen atoms in total. The first-order valence-electron chi connectivity index (χ1n) is 13.9. The van der Waals surface area contributed by atoms with E-state index in [1.54, 1.807) is 23.3 Å². The zero-order chi connectivity index (χ0) is 28.6. The average molecular weight is 685 g/mol. The molecule has 6 rings (SSSR count). The van der Waals surface area contributed by atoms with Crippen molar-refractivity contribution in [1.82, 2.24) is 0 Å². The van der Waals surface area contributed by atoms with E-state index in [1.165, 1.54) is 60.9 Å². The Morgan fingerprint density at radius 3 is 1.55 bits per heavy atom. The minimum absolute atomic E-state index is 0. The Balaban J connectivity index is 0.000000347. The number of benzene rings is 4. The van der Waals surface area contributed by atoms with Crippen LogP contribution in [0.3, 0.4) is 0 Å². The molecular weight excluding hydrogens is 647 g/mol. The fourth-order valence-corrected chi connectivity index (χ4v) is 4.94. The molecule has 1 unspecified atom stereocenters. The summed E-state index contributed by atoms with van der Waals surface area (Å²) in [5, 5.41) is 2.60. The van der Waals surface area contributed by atoms with Gasteiger partial charge in [-0.05, 0) is 28.3 Å². The topological polar surface area (TPSA) is 0 Å². The molecule has 0 heterocycles. The third kappa shape index (κ3) is 9.32. The maximum absolute atomic E-state index is 3.36. The van der Waals surface area contributed by atoms with Crippen LogP contribution in [0.5, 0.6) is 0 Å². The molecule has 0 saturated heterocycles. The number of hydrogen-bond donors (Lipinski definition) is 0. The molecule has 0 fully saturated rings. The molecule has 4 heteroatoms. The second-order valence-electron chi connectivity index (χ2n) is 10.7. The maximum atomic E-state index is 3.36. The molecule has 0 N–H and O–H groups in total. The van der Waals surface area contributed by atoms with Gasteiger partial charge in [-0.2, -0.15) is 11.1 Å². The Kier molecular flexibility index (Phi) is 14.6. The zero-order valence-corrected chi connectivity index (χ0v) is 30.3. The van der Waals surface area contributed by atoms with Gasteiger partial charge in [0.1, 0.15) is 0 Å². The molecule has 214 valence electrons. The van der Waals surface area contributed by atoms with E-state index in [2.05, 4.69) is 162 Å². The van der Waals surface area contributed by atoms with Crippen LogP contribution in [0.15, 0.2) is 132 Å². The monoisotopic (exact) mass is 682 g/mol. The van der Waals surface area contributed by atoms with E-state index in [0.717, 1.165) is 0 Å². The fraction of sp³-hybridized carbons (Fsp3) is 0.184. The van der Waals surface area contributed by atoms with Crippen molar-refractivity contribution in [3.05, 3.63) is 138 Å². The summed E-state index contributed by atoms with van der Waals surface area (Å²) >= 11 is 1.74. The van der Waals surface area contributed by atoms with Crippen molar-refractivity contribution in [1.29, 1.82) is 0 Å². The van der Waals surface area contributed by atoms with E-state index in [1.807, 2.05) is 0 Å². The van der Waals surface area contributed by atoms with Crippen LogP contribution in [0.25, 0.3) is 44.2 Å². The van der Waals surface area contributed by atoms with E-state index in [4.69, 9.17) is 0 Å². The SMILES string of the molecule is CC1=[C-]C(C)C(C)=C1C.C[Si](C)=[Zr+2].[Cl-].[Cl-].c1ccc(-c2cc(-c3ccccc3)cc(-c3c[cH-]c4ccccc34)c2)cc1. The molecule has 42 heavy (non-hydrogen) atoms. The molecule has 0 aromatic heterocycles. The number of halogens is 2. The van der Waals surface area contributed by atoms with Crippen LogP contribution in [0.2, 0.25) is 13.1 Å². The molecule has 5 aromatic carbocycles. The quantitative estimate of drug-likeness (QED) is 0.184. The van der Waals surface area contributed by atoms with Crippen molar-refractivity contribution in [2.75, 3.05) is 0 Å². The summed E-state index contributed by atoms with van der Waals surface area (Å²) in [6.45, 7) is 13.3. The van der Waals surface area contributed by atoms with Gasteiger partial charge < -0.3 is 24.8 Å². The van der Waals surface area contributed by atoms with Gasteiger partial charge in [-0.3, -0.25) is 6.08 Å².